The van der Waals surface area contributed by atoms with Crippen LogP contribution in [0.4, 0.5) is 0 Å². The van der Waals surface area contributed by atoms with E-state index in [2.05, 4.69) is 26.0 Å². The average molecular weight is 349 g/mol. The SMILES string of the molecule is COc1ccc(Br)c(S(=O)(=O)NC2CCCNC2)c1. The second-order valence-corrected chi connectivity index (χ2v) is 7.00. The maximum atomic E-state index is 12.4. The number of hydrogen-bond acceptors (Lipinski definition) is 4. The van der Waals surface area contributed by atoms with Crippen LogP contribution < -0.4 is 14.8 Å². The highest BCUT2D eigenvalue weighted by atomic mass is 79.9. The number of halogens is 1. The summed E-state index contributed by atoms with van der Waals surface area (Å²) in [6.07, 6.45) is 1.83. The minimum Gasteiger partial charge on any atom is -0.497 e. The van der Waals surface area contributed by atoms with Crippen molar-refractivity contribution in [3.05, 3.63) is 22.7 Å². The fraction of sp³-hybridized carbons (Fsp3) is 0.500. The third kappa shape index (κ3) is 3.68. The van der Waals surface area contributed by atoms with E-state index < -0.39 is 10.0 Å². The molecule has 0 aromatic heterocycles. The van der Waals surface area contributed by atoms with Crippen molar-refractivity contribution in [1.29, 1.82) is 0 Å². The molecule has 0 amide bonds. The Hall–Kier alpha value is -0.630. The molecule has 1 aliphatic rings. The van der Waals surface area contributed by atoms with Crippen molar-refractivity contribution in [2.75, 3.05) is 20.2 Å². The summed E-state index contributed by atoms with van der Waals surface area (Å²) in [5, 5.41) is 3.18. The van der Waals surface area contributed by atoms with Crippen LogP contribution in [0.15, 0.2) is 27.6 Å². The van der Waals surface area contributed by atoms with E-state index in [1.807, 2.05) is 0 Å². The third-order valence-electron chi connectivity index (χ3n) is 3.05. The summed E-state index contributed by atoms with van der Waals surface area (Å²) in [7, 11) is -2.03. The van der Waals surface area contributed by atoms with E-state index in [0.717, 1.165) is 19.4 Å². The van der Waals surface area contributed by atoms with Crippen molar-refractivity contribution >= 4 is 26.0 Å². The Morgan fingerprint density at radius 2 is 2.26 bits per heavy atom. The summed E-state index contributed by atoms with van der Waals surface area (Å²) in [4.78, 5) is 0.206. The molecular formula is C12H17BrN2O3S. The van der Waals surface area contributed by atoms with Crippen LogP contribution in [0.3, 0.4) is 0 Å². The van der Waals surface area contributed by atoms with E-state index in [1.165, 1.54) is 13.2 Å². The Kier molecular flexibility index (Phi) is 4.83. The molecule has 1 unspecified atom stereocenters. The lowest BCUT2D eigenvalue weighted by Crippen LogP contribution is -2.45. The van der Waals surface area contributed by atoms with Gasteiger partial charge in [-0.05, 0) is 47.4 Å². The van der Waals surface area contributed by atoms with Crippen LogP contribution in [0.25, 0.3) is 0 Å². The molecule has 106 valence electrons. The molecule has 1 fully saturated rings. The van der Waals surface area contributed by atoms with Crippen molar-refractivity contribution in [3.8, 4) is 5.75 Å². The van der Waals surface area contributed by atoms with Gasteiger partial charge in [0.05, 0.1) is 12.0 Å². The van der Waals surface area contributed by atoms with Crippen LogP contribution in [0.1, 0.15) is 12.8 Å². The molecule has 0 spiro atoms. The van der Waals surface area contributed by atoms with E-state index >= 15 is 0 Å². The van der Waals surface area contributed by atoms with Gasteiger partial charge >= 0.3 is 0 Å². The van der Waals surface area contributed by atoms with Crippen LogP contribution in [0.2, 0.25) is 0 Å². The van der Waals surface area contributed by atoms with Crippen molar-refractivity contribution in [1.82, 2.24) is 10.0 Å². The lowest BCUT2D eigenvalue weighted by molar-refractivity contribution is 0.412. The van der Waals surface area contributed by atoms with Crippen molar-refractivity contribution < 1.29 is 13.2 Å². The largest absolute Gasteiger partial charge is 0.497 e. The number of methoxy groups -OCH3 is 1. The van der Waals surface area contributed by atoms with Gasteiger partial charge in [0.25, 0.3) is 0 Å². The Morgan fingerprint density at radius 1 is 1.47 bits per heavy atom. The molecular weight excluding hydrogens is 332 g/mol. The number of hydrogen-bond donors (Lipinski definition) is 2. The smallest absolute Gasteiger partial charge is 0.242 e. The van der Waals surface area contributed by atoms with E-state index in [4.69, 9.17) is 4.74 Å². The molecule has 7 heteroatoms. The first-order chi connectivity index (χ1) is 9.03. The number of benzene rings is 1. The maximum absolute atomic E-state index is 12.4. The van der Waals surface area contributed by atoms with Crippen LogP contribution in [0, 0.1) is 0 Å². The summed E-state index contributed by atoms with van der Waals surface area (Å²) in [6, 6.07) is 4.84. The van der Waals surface area contributed by atoms with Gasteiger partial charge in [0.2, 0.25) is 10.0 Å². The predicted octanol–water partition coefficient (Wildman–Crippen LogP) is 1.49. The quantitative estimate of drug-likeness (QED) is 0.864. The predicted molar refractivity (Wildman–Crippen MR) is 76.9 cm³/mol. The Bertz CT molecular complexity index is 542. The van der Waals surface area contributed by atoms with E-state index in [0.29, 0.717) is 16.8 Å². The van der Waals surface area contributed by atoms with Gasteiger partial charge in [0.1, 0.15) is 5.75 Å². The first kappa shape index (κ1) is 14.8. The number of ether oxygens (including phenoxy) is 1. The molecule has 1 atom stereocenters. The van der Waals surface area contributed by atoms with Gasteiger partial charge in [-0.25, -0.2) is 13.1 Å². The minimum atomic E-state index is -3.54. The normalized spacial score (nSPS) is 20.2. The Labute approximate surface area is 121 Å². The topological polar surface area (TPSA) is 67.4 Å². The zero-order valence-corrected chi connectivity index (χ0v) is 13.1. The summed E-state index contributed by atoms with van der Waals surface area (Å²) in [5.74, 6) is 0.519. The van der Waals surface area contributed by atoms with Crippen LogP contribution in [-0.4, -0.2) is 34.7 Å². The fourth-order valence-corrected chi connectivity index (χ4v) is 4.30. The Morgan fingerprint density at radius 3 is 2.89 bits per heavy atom. The summed E-state index contributed by atoms with van der Waals surface area (Å²) in [6.45, 7) is 1.61. The van der Waals surface area contributed by atoms with Crippen molar-refractivity contribution in [2.45, 2.75) is 23.8 Å². The lowest BCUT2D eigenvalue weighted by Gasteiger charge is -2.24. The second-order valence-electron chi connectivity index (χ2n) is 4.46. The van der Waals surface area contributed by atoms with Crippen molar-refractivity contribution in [2.24, 2.45) is 0 Å². The standard InChI is InChI=1S/C12H17BrN2O3S/c1-18-10-4-5-11(13)12(7-10)19(16,17)15-9-3-2-6-14-8-9/h4-5,7,9,14-15H,2-3,6,8H2,1H3. The maximum Gasteiger partial charge on any atom is 0.242 e. The van der Waals surface area contributed by atoms with Gasteiger partial charge in [0.15, 0.2) is 0 Å². The molecule has 0 bridgehead atoms. The molecule has 1 aromatic rings. The summed E-state index contributed by atoms with van der Waals surface area (Å²) in [5.41, 5.74) is 0. The number of sulfonamides is 1. The molecule has 1 aliphatic heterocycles. The Balaban J connectivity index is 2.23. The van der Waals surface area contributed by atoms with E-state index in [9.17, 15) is 8.42 Å². The molecule has 0 aliphatic carbocycles. The molecule has 5 nitrogen and oxygen atoms in total. The molecule has 1 saturated heterocycles. The molecule has 1 heterocycles. The highest BCUT2D eigenvalue weighted by Gasteiger charge is 2.24. The van der Waals surface area contributed by atoms with Crippen LogP contribution >= 0.6 is 15.9 Å². The van der Waals surface area contributed by atoms with Gasteiger partial charge in [-0.15, -0.1) is 0 Å². The fourth-order valence-electron chi connectivity index (χ4n) is 2.05. The molecule has 2 N–H and O–H groups in total. The number of nitrogens with one attached hydrogen (secondary N) is 2. The summed E-state index contributed by atoms with van der Waals surface area (Å²) >= 11 is 3.27. The van der Waals surface area contributed by atoms with Gasteiger partial charge in [-0.1, -0.05) is 0 Å². The highest BCUT2D eigenvalue weighted by molar-refractivity contribution is 9.10. The van der Waals surface area contributed by atoms with Crippen molar-refractivity contribution in [3.63, 3.8) is 0 Å². The number of piperidine rings is 1. The van der Waals surface area contributed by atoms with Gasteiger partial charge in [-0.2, -0.15) is 0 Å². The minimum absolute atomic E-state index is 0.0585. The first-order valence-corrected chi connectivity index (χ1v) is 8.37. The first-order valence-electron chi connectivity index (χ1n) is 6.09. The monoisotopic (exact) mass is 348 g/mol. The molecule has 2 rings (SSSR count). The molecule has 0 radical (unpaired) electrons. The lowest BCUT2D eigenvalue weighted by atomic mass is 10.1. The van der Waals surface area contributed by atoms with Crippen LogP contribution in [-0.2, 0) is 10.0 Å². The molecule has 19 heavy (non-hydrogen) atoms. The zero-order valence-electron chi connectivity index (χ0n) is 10.6. The van der Waals surface area contributed by atoms with Gasteiger partial charge < -0.3 is 10.1 Å². The molecule has 0 saturated carbocycles. The van der Waals surface area contributed by atoms with Crippen LogP contribution in [0.5, 0.6) is 5.75 Å². The van der Waals surface area contributed by atoms with E-state index in [1.54, 1.807) is 12.1 Å². The third-order valence-corrected chi connectivity index (χ3v) is 5.56. The zero-order chi connectivity index (χ0) is 13.9. The highest BCUT2D eigenvalue weighted by Crippen LogP contribution is 2.26. The van der Waals surface area contributed by atoms with E-state index in [-0.39, 0.29) is 10.9 Å². The molecule has 1 aromatic carbocycles. The second kappa shape index (κ2) is 6.21. The number of rotatable bonds is 4. The summed E-state index contributed by atoms with van der Waals surface area (Å²) < 4.78 is 33.1. The van der Waals surface area contributed by atoms with Gasteiger partial charge in [-0.3, -0.25) is 0 Å². The average Bonchev–Trinajstić information content (AvgIpc) is 2.39. The van der Waals surface area contributed by atoms with Gasteiger partial charge in [0, 0.05) is 23.1 Å².